The van der Waals surface area contributed by atoms with Crippen molar-refractivity contribution in [2.45, 2.75) is 37.6 Å². The van der Waals surface area contributed by atoms with Crippen LogP contribution in [0.25, 0.3) is 0 Å². The van der Waals surface area contributed by atoms with E-state index < -0.39 is 5.97 Å². The van der Waals surface area contributed by atoms with Crippen LogP contribution in [0.3, 0.4) is 0 Å². The third-order valence-corrected chi connectivity index (χ3v) is 2.10. The predicted molar refractivity (Wildman–Crippen MR) is 37.6 cm³/mol. The Morgan fingerprint density at radius 3 is 2.40 bits per heavy atom. The maximum atomic E-state index is 10.3. The largest absolute Gasteiger partial charge is 0.481 e. The molecule has 1 aliphatic rings. The summed E-state index contributed by atoms with van der Waals surface area (Å²) >= 11 is 0. The molecule has 0 unspecified atom stereocenters. The molecule has 0 amide bonds. The van der Waals surface area contributed by atoms with Crippen LogP contribution < -0.4 is 5.73 Å². The minimum absolute atomic E-state index is 0.132. The van der Waals surface area contributed by atoms with Gasteiger partial charge < -0.3 is 10.8 Å². The van der Waals surface area contributed by atoms with Crippen molar-refractivity contribution in [3.8, 4) is 0 Å². The van der Waals surface area contributed by atoms with Crippen LogP contribution in [0.15, 0.2) is 0 Å². The van der Waals surface area contributed by atoms with E-state index in [-0.39, 0.29) is 12.0 Å². The molecule has 3 nitrogen and oxygen atoms in total. The summed E-state index contributed by atoms with van der Waals surface area (Å²) in [5.41, 5.74) is 5.40. The zero-order valence-electron chi connectivity index (χ0n) is 5.97. The van der Waals surface area contributed by atoms with E-state index in [4.69, 9.17) is 10.8 Å². The lowest BCUT2D eigenvalue weighted by molar-refractivity contribution is -0.138. The molecule has 0 atom stereocenters. The molecule has 3 N–H and O–H groups in total. The van der Waals surface area contributed by atoms with Crippen molar-refractivity contribution < 1.29 is 9.90 Å². The van der Waals surface area contributed by atoms with Gasteiger partial charge in [-0.3, -0.25) is 4.79 Å². The third-order valence-electron chi connectivity index (χ3n) is 2.10. The first-order valence-corrected chi connectivity index (χ1v) is 3.63. The topological polar surface area (TPSA) is 63.3 Å². The van der Waals surface area contributed by atoms with Crippen LogP contribution in [-0.2, 0) is 4.79 Å². The predicted octanol–water partition coefficient (Wildman–Crippen LogP) is 0.733. The summed E-state index contributed by atoms with van der Waals surface area (Å²) in [4.78, 5) is 10.3. The number of nitrogens with two attached hydrogens (primary N) is 1. The lowest BCUT2D eigenvalue weighted by Gasteiger charge is -2.19. The average Bonchev–Trinajstić information content (AvgIpc) is 2.12. The van der Waals surface area contributed by atoms with Crippen molar-refractivity contribution in [3.63, 3.8) is 0 Å². The van der Waals surface area contributed by atoms with E-state index in [0.717, 1.165) is 25.7 Å². The molecular weight excluding hydrogens is 130 g/mol. The van der Waals surface area contributed by atoms with Crippen LogP contribution in [0.1, 0.15) is 32.1 Å². The summed E-state index contributed by atoms with van der Waals surface area (Å²) in [6.45, 7) is 0. The first-order chi connectivity index (χ1) is 4.62. The second kappa shape index (κ2) is 2.58. The summed E-state index contributed by atoms with van der Waals surface area (Å²) in [7, 11) is 0. The molecule has 0 aromatic rings. The van der Waals surface area contributed by atoms with Crippen LogP contribution in [0.4, 0.5) is 0 Å². The lowest BCUT2D eigenvalue weighted by atomic mass is 9.95. The Morgan fingerprint density at radius 2 is 2.00 bits per heavy atom. The van der Waals surface area contributed by atoms with E-state index in [1.807, 2.05) is 0 Å². The van der Waals surface area contributed by atoms with Gasteiger partial charge in [-0.15, -0.1) is 0 Å². The highest BCUT2D eigenvalue weighted by atomic mass is 16.4. The average molecular weight is 143 g/mol. The van der Waals surface area contributed by atoms with Gasteiger partial charge in [0.1, 0.15) is 0 Å². The minimum atomic E-state index is -0.774. The Kier molecular flexibility index (Phi) is 1.94. The Hall–Kier alpha value is -0.570. The van der Waals surface area contributed by atoms with Crippen LogP contribution >= 0.6 is 0 Å². The molecule has 0 aliphatic heterocycles. The fourth-order valence-corrected chi connectivity index (χ4v) is 1.56. The molecule has 0 saturated heterocycles. The molecule has 0 aromatic carbocycles. The van der Waals surface area contributed by atoms with Gasteiger partial charge in [0, 0.05) is 5.54 Å². The van der Waals surface area contributed by atoms with Crippen molar-refractivity contribution in [1.82, 2.24) is 0 Å². The number of rotatable bonds is 2. The normalized spacial score (nSPS) is 22.9. The molecule has 0 heterocycles. The minimum Gasteiger partial charge on any atom is -0.481 e. The molecule has 1 aliphatic carbocycles. The summed E-state index contributed by atoms with van der Waals surface area (Å²) < 4.78 is 0. The van der Waals surface area contributed by atoms with E-state index in [0.29, 0.717) is 0 Å². The molecule has 3 heteroatoms. The summed E-state index contributed by atoms with van der Waals surface area (Å²) in [5.74, 6) is -0.774. The van der Waals surface area contributed by atoms with Gasteiger partial charge in [-0.1, -0.05) is 12.8 Å². The van der Waals surface area contributed by atoms with Crippen molar-refractivity contribution >= 4 is 5.97 Å². The maximum Gasteiger partial charge on any atom is 0.305 e. The van der Waals surface area contributed by atoms with Crippen LogP contribution in [0, 0.1) is 0 Å². The van der Waals surface area contributed by atoms with Crippen LogP contribution in [0.5, 0.6) is 0 Å². The fraction of sp³-hybridized carbons (Fsp3) is 0.857. The van der Waals surface area contributed by atoms with Crippen LogP contribution in [-0.4, -0.2) is 16.6 Å². The fourth-order valence-electron chi connectivity index (χ4n) is 1.56. The smallest absolute Gasteiger partial charge is 0.305 e. The first kappa shape index (κ1) is 7.54. The Bertz CT molecular complexity index is 139. The van der Waals surface area contributed by atoms with Gasteiger partial charge >= 0.3 is 5.97 Å². The number of hydrogen-bond acceptors (Lipinski definition) is 2. The zero-order chi connectivity index (χ0) is 7.61. The van der Waals surface area contributed by atoms with Crippen LogP contribution in [0.2, 0.25) is 0 Å². The molecule has 0 spiro atoms. The number of carboxylic acid groups (broad SMARTS) is 1. The summed E-state index contributed by atoms with van der Waals surface area (Å²) in [6.07, 6.45) is 4.05. The lowest BCUT2D eigenvalue weighted by Crippen LogP contribution is -2.38. The highest BCUT2D eigenvalue weighted by Crippen LogP contribution is 2.29. The van der Waals surface area contributed by atoms with E-state index >= 15 is 0 Å². The quantitative estimate of drug-likeness (QED) is 0.599. The Morgan fingerprint density at radius 1 is 1.50 bits per heavy atom. The summed E-state index contributed by atoms with van der Waals surface area (Å²) in [6, 6.07) is 0. The zero-order valence-corrected chi connectivity index (χ0v) is 5.97. The second-order valence-electron chi connectivity index (χ2n) is 3.14. The van der Waals surface area contributed by atoms with E-state index in [1.165, 1.54) is 0 Å². The van der Waals surface area contributed by atoms with Gasteiger partial charge in [0.2, 0.25) is 0 Å². The highest BCUT2D eigenvalue weighted by molar-refractivity contribution is 5.68. The first-order valence-electron chi connectivity index (χ1n) is 3.63. The van der Waals surface area contributed by atoms with Crippen molar-refractivity contribution in [2.75, 3.05) is 0 Å². The maximum absolute atomic E-state index is 10.3. The number of carboxylic acids is 1. The molecule has 0 aromatic heterocycles. The molecule has 1 rings (SSSR count). The van der Waals surface area contributed by atoms with Crippen molar-refractivity contribution in [1.29, 1.82) is 0 Å². The SMILES string of the molecule is NC1(CC(=O)O)CCCC1. The summed E-state index contributed by atoms with van der Waals surface area (Å²) in [5, 5.41) is 8.46. The molecule has 58 valence electrons. The third kappa shape index (κ3) is 1.70. The van der Waals surface area contributed by atoms with E-state index in [9.17, 15) is 4.79 Å². The Labute approximate surface area is 60.2 Å². The van der Waals surface area contributed by atoms with Gasteiger partial charge in [0.05, 0.1) is 6.42 Å². The Balaban J connectivity index is 2.43. The molecule has 0 bridgehead atoms. The van der Waals surface area contributed by atoms with Gasteiger partial charge in [0.25, 0.3) is 0 Å². The van der Waals surface area contributed by atoms with Gasteiger partial charge in [-0.05, 0) is 12.8 Å². The molecule has 10 heavy (non-hydrogen) atoms. The molecule has 1 fully saturated rings. The molecule has 1 saturated carbocycles. The van der Waals surface area contributed by atoms with Crippen molar-refractivity contribution in [3.05, 3.63) is 0 Å². The van der Waals surface area contributed by atoms with Gasteiger partial charge in [0.15, 0.2) is 0 Å². The van der Waals surface area contributed by atoms with E-state index in [1.54, 1.807) is 0 Å². The second-order valence-corrected chi connectivity index (χ2v) is 3.14. The number of hydrogen-bond donors (Lipinski definition) is 2. The molecular formula is C7H13NO2. The van der Waals surface area contributed by atoms with Crippen molar-refractivity contribution in [2.24, 2.45) is 5.73 Å². The highest BCUT2D eigenvalue weighted by Gasteiger charge is 2.31. The molecule has 0 radical (unpaired) electrons. The van der Waals surface area contributed by atoms with Gasteiger partial charge in [-0.2, -0.15) is 0 Å². The van der Waals surface area contributed by atoms with E-state index in [2.05, 4.69) is 0 Å². The number of aliphatic carboxylic acids is 1. The number of carbonyl (C=O) groups is 1. The monoisotopic (exact) mass is 143 g/mol. The standard InChI is InChI=1S/C7H13NO2/c8-7(5-6(9)10)3-1-2-4-7/h1-5,8H2,(H,9,10). The van der Waals surface area contributed by atoms with Gasteiger partial charge in [-0.25, -0.2) is 0 Å².